The highest BCUT2D eigenvalue weighted by Crippen LogP contribution is 2.33. The van der Waals surface area contributed by atoms with Crippen LogP contribution in [0.3, 0.4) is 0 Å². The van der Waals surface area contributed by atoms with Crippen molar-refractivity contribution in [3.63, 3.8) is 0 Å². The highest BCUT2D eigenvalue weighted by atomic mass is 32.2. The van der Waals surface area contributed by atoms with Gasteiger partial charge in [0.1, 0.15) is 5.82 Å². The zero-order chi connectivity index (χ0) is 14.0. The fourth-order valence-corrected chi connectivity index (χ4v) is 3.35. The molecule has 0 amide bonds. The number of hydrogen-bond acceptors (Lipinski definition) is 4. The summed E-state index contributed by atoms with van der Waals surface area (Å²) in [6, 6.07) is 2.27. The predicted molar refractivity (Wildman–Crippen MR) is 84.3 cm³/mol. The Kier molecular flexibility index (Phi) is 4.41. The molecule has 2 heterocycles. The molecule has 1 aliphatic rings. The molecule has 0 radical (unpaired) electrons. The second-order valence-electron chi connectivity index (χ2n) is 6.32. The first-order chi connectivity index (χ1) is 8.85. The van der Waals surface area contributed by atoms with Gasteiger partial charge in [0.2, 0.25) is 0 Å². The lowest BCUT2D eigenvalue weighted by molar-refractivity contribution is 0.312. The van der Waals surface area contributed by atoms with E-state index < -0.39 is 0 Å². The highest BCUT2D eigenvalue weighted by molar-refractivity contribution is 8.00. The number of hydrogen-bond donors (Lipinski definition) is 0. The van der Waals surface area contributed by atoms with Gasteiger partial charge in [-0.25, -0.2) is 4.98 Å². The van der Waals surface area contributed by atoms with E-state index in [0.29, 0.717) is 0 Å². The van der Waals surface area contributed by atoms with Crippen LogP contribution in [0, 0.1) is 6.92 Å². The monoisotopic (exact) mass is 279 g/mol. The van der Waals surface area contributed by atoms with Crippen molar-refractivity contribution in [2.45, 2.75) is 37.3 Å². The third kappa shape index (κ3) is 4.11. The third-order valence-corrected chi connectivity index (χ3v) is 4.32. The maximum Gasteiger partial charge on any atom is 0.131 e. The molecule has 1 saturated heterocycles. The van der Waals surface area contributed by atoms with E-state index in [9.17, 15) is 0 Å². The number of pyridine rings is 1. The minimum atomic E-state index is 0.240. The Hall–Kier alpha value is -0.740. The van der Waals surface area contributed by atoms with Crippen molar-refractivity contribution >= 4 is 17.6 Å². The predicted octanol–water partition coefficient (Wildman–Crippen LogP) is 3.03. The van der Waals surface area contributed by atoms with Gasteiger partial charge >= 0.3 is 0 Å². The molecule has 0 saturated carbocycles. The summed E-state index contributed by atoms with van der Waals surface area (Å²) >= 11 is 1.88. The molecular formula is C15H25N3S. The van der Waals surface area contributed by atoms with Gasteiger partial charge in [0.15, 0.2) is 0 Å². The lowest BCUT2D eigenvalue weighted by Crippen LogP contribution is -2.45. The molecule has 1 aliphatic heterocycles. The van der Waals surface area contributed by atoms with Gasteiger partial charge in [-0.1, -0.05) is 20.8 Å². The van der Waals surface area contributed by atoms with Gasteiger partial charge < -0.3 is 9.80 Å². The molecule has 2 rings (SSSR count). The van der Waals surface area contributed by atoms with Crippen molar-refractivity contribution < 1.29 is 0 Å². The number of aryl methyl sites for hydroxylation is 1. The molecule has 1 aromatic rings. The summed E-state index contributed by atoms with van der Waals surface area (Å²) in [7, 11) is 2.18. The Labute approximate surface area is 121 Å². The van der Waals surface area contributed by atoms with E-state index in [1.165, 1.54) is 10.5 Å². The molecule has 0 spiro atoms. The van der Waals surface area contributed by atoms with Gasteiger partial charge in [0.25, 0.3) is 0 Å². The van der Waals surface area contributed by atoms with Crippen LogP contribution in [-0.2, 0) is 0 Å². The SMILES string of the molecule is Cc1cc(SC(C)(C)C)cnc1N1CCN(C)CC1. The van der Waals surface area contributed by atoms with E-state index in [1.807, 2.05) is 18.0 Å². The Bertz CT molecular complexity index is 432. The number of anilines is 1. The molecule has 0 unspecified atom stereocenters. The minimum Gasteiger partial charge on any atom is -0.354 e. The molecule has 0 aliphatic carbocycles. The van der Waals surface area contributed by atoms with E-state index in [1.54, 1.807) is 0 Å². The van der Waals surface area contributed by atoms with Gasteiger partial charge in [-0.15, -0.1) is 11.8 Å². The summed E-state index contributed by atoms with van der Waals surface area (Å²) in [4.78, 5) is 10.7. The molecule has 19 heavy (non-hydrogen) atoms. The summed E-state index contributed by atoms with van der Waals surface area (Å²) in [5.74, 6) is 1.16. The number of thioether (sulfide) groups is 1. The zero-order valence-corrected chi connectivity index (χ0v) is 13.5. The van der Waals surface area contributed by atoms with Crippen LogP contribution in [0.15, 0.2) is 17.2 Å². The van der Waals surface area contributed by atoms with Crippen LogP contribution in [0.1, 0.15) is 26.3 Å². The summed E-state index contributed by atoms with van der Waals surface area (Å²) in [5, 5.41) is 0. The van der Waals surface area contributed by atoms with Crippen molar-refractivity contribution in [1.82, 2.24) is 9.88 Å². The second-order valence-corrected chi connectivity index (χ2v) is 8.22. The smallest absolute Gasteiger partial charge is 0.131 e. The molecule has 4 heteroatoms. The third-order valence-electron chi connectivity index (χ3n) is 3.25. The van der Waals surface area contributed by atoms with E-state index in [-0.39, 0.29) is 4.75 Å². The first-order valence-electron chi connectivity index (χ1n) is 6.94. The first kappa shape index (κ1) is 14.7. The van der Waals surface area contributed by atoms with Crippen molar-refractivity contribution in [3.05, 3.63) is 17.8 Å². The molecule has 0 aromatic carbocycles. The summed E-state index contributed by atoms with van der Waals surface area (Å²) in [5.41, 5.74) is 1.29. The normalized spacial score (nSPS) is 17.8. The maximum atomic E-state index is 4.70. The topological polar surface area (TPSA) is 19.4 Å². The van der Waals surface area contributed by atoms with Gasteiger partial charge in [-0.2, -0.15) is 0 Å². The highest BCUT2D eigenvalue weighted by Gasteiger charge is 2.18. The van der Waals surface area contributed by atoms with E-state index in [0.717, 1.165) is 32.0 Å². The Morgan fingerprint density at radius 2 is 1.79 bits per heavy atom. The number of aromatic nitrogens is 1. The molecule has 3 nitrogen and oxygen atoms in total. The van der Waals surface area contributed by atoms with Crippen LogP contribution < -0.4 is 4.90 Å². The van der Waals surface area contributed by atoms with E-state index in [2.05, 4.69) is 50.6 Å². The van der Waals surface area contributed by atoms with E-state index in [4.69, 9.17) is 4.98 Å². The standard InChI is InChI=1S/C15H25N3S/c1-12-10-13(19-15(2,3)4)11-16-14(12)18-8-6-17(5)7-9-18/h10-11H,6-9H2,1-5H3. The average molecular weight is 279 g/mol. The largest absolute Gasteiger partial charge is 0.354 e. The number of nitrogens with zero attached hydrogens (tertiary/aromatic N) is 3. The summed E-state index contributed by atoms with van der Waals surface area (Å²) < 4.78 is 0.240. The van der Waals surface area contributed by atoms with Crippen molar-refractivity contribution in [2.75, 3.05) is 38.1 Å². The van der Waals surface area contributed by atoms with Crippen molar-refractivity contribution in [2.24, 2.45) is 0 Å². The molecule has 1 aromatic heterocycles. The van der Waals surface area contributed by atoms with Gasteiger partial charge in [0.05, 0.1) is 0 Å². The average Bonchev–Trinajstić information content (AvgIpc) is 2.29. The van der Waals surface area contributed by atoms with Crippen LogP contribution in [-0.4, -0.2) is 47.9 Å². The summed E-state index contributed by atoms with van der Waals surface area (Å²) in [6.07, 6.45) is 2.02. The quantitative estimate of drug-likeness (QED) is 0.775. The Morgan fingerprint density at radius 3 is 2.32 bits per heavy atom. The van der Waals surface area contributed by atoms with Crippen molar-refractivity contribution in [1.29, 1.82) is 0 Å². The van der Waals surface area contributed by atoms with Crippen LogP contribution >= 0.6 is 11.8 Å². The second kappa shape index (κ2) is 5.71. The molecule has 0 N–H and O–H groups in total. The molecule has 106 valence electrons. The van der Waals surface area contributed by atoms with Crippen LogP contribution in [0.2, 0.25) is 0 Å². The minimum absolute atomic E-state index is 0.240. The lowest BCUT2D eigenvalue weighted by Gasteiger charge is -2.34. The van der Waals surface area contributed by atoms with E-state index >= 15 is 0 Å². The molecule has 1 fully saturated rings. The van der Waals surface area contributed by atoms with Crippen molar-refractivity contribution in [3.8, 4) is 0 Å². The number of rotatable bonds is 2. The van der Waals surface area contributed by atoms with Gasteiger partial charge in [-0.3, -0.25) is 0 Å². The first-order valence-corrected chi connectivity index (χ1v) is 7.76. The number of likely N-dealkylation sites (N-methyl/N-ethyl adjacent to an activating group) is 1. The zero-order valence-electron chi connectivity index (χ0n) is 12.7. The maximum absolute atomic E-state index is 4.70. The molecular weight excluding hydrogens is 254 g/mol. The summed E-state index contributed by atoms with van der Waals surface area (Å²) in [6.45, 7) is 13.3. The van der Waals surface area contributed by atoms with Crippen LogP contribution in [0.5, 0.6) is 0 Å². The van der Waals surface area contributed by atoms with Gasteiger partial charge in [-0.05, 0) is 25.6 Å². The molecule has 0 bridgehead atoms. The number of piperazine rings is 1. The molecule has 0 atom stereocenters. The lowest BCUT2D eigenvalue weighted by atomic mass is 10.2. The van der Waals surface area contributed by atoms with Gasteiger partial charge in [0, 0.05) is 42.0 Å². The fraction of sp³-hybridized carbons (Fsp3) is 0.667. The Morgan fingerprint density at radius 1 is 1.16 bits per heavy atom. The Balaban J connectivity index is 2.11. The van der Waals surface area contributed by atoms with Crippen LogP contribution in [0.25, 0.3) is 0 Å². The van der Waals surface area contributed by atoms with Crippen LogP contribution in [0.4, 0.5) is 5.82 Å². The fourth-order valence-electron chi connectivity index (χ4n) is 2.30.